The van der Waals surface area contributed by atoms with E-state index >= 15 is 0 Å². The maximum atomic E-state index is 12.5. The first-order valence-electron chi connectivity index (χ1n) is 7.55. The quantitative estimate of drug-likeness (QED) is 0.828. The average Bonchev–Trinajstić information content (AvgIpc) is 2.84. The second kappa shape index (κ2) is 6.57. The van der Waals surface area contributed by atoms with Gasteiger partial charge in [0.2, 0.25) is 15.9 Å². The van der Waals surface area contributed by atoms with E-state index in [0.29, 0.717) is 20.6 Å². The molecule has 0 unspecified atom stereocenters. The molecule has 7 nitrogen and oxygen atoms in total. The van der Waals surface area contributed by atoms with Gasteiger partial charge in [0.25, 0.3) is 10.0 Å². The molecule has 3 rings (SSSR count). The van der Waals surface area contributed by atoms with Crippen molar-refractivity contribution in [3.05, 3.63) is 53.1 Å². The number of anilines is 2. The van der Waals surface area contributed by atoms with Crippen molar-refractivity contribution >= 4 is 48.9 Å². The fraction of sp³-hybridized carbons (Fsp3) is 0.188. The SMILES string of the molecule is Cc1ccc(Cl)cc1NS(=O)(=O)c1ccc(N2C(=O)CCS2(=O)=O)cc1. The highest BCUT2D eigenvalue weighted by atomic mass is 35.5. The first-order valence-corrected chi connectivity index (χ1v) is 11.0. The summed E-state index contributed by atoms with van der Waals surface area (Å²) in [4.78, 5) is 11.7. The third-order valence-corrected chi connectivity index (χ3v) is 7.21. The highest BCUT2D eigenvalue weighted by Crippen LogP contribution is 2.28. The molecule has 0 aromatic heterocycles. The molecule has 1 aliphatic rings. The summed E-state index contributed by atoms with van der Waals surface area (Å²) in [6.07, 6.45) is -0.0853. The van der Waals surface area contributed by atoms with Gasteiger partial charge in [-0.15, -0.1) is 0 Å². The number of nitrogens with one attached hydrogen (secondary N) is 1. The lowest BCUT2D eigenvalue weighted by molar-refractivity contribution is -0.116. The summed E-state index contributed by atoms with van der Waals surface area (Å²) >= 11 is 5.90. The molecule has 0 spiro atoms. The predicted molar refractivity (Wildman–Crippen MR) is 99.3 cm³/mol. The van der Waals surface area contributed by atoms with Crippen LogP contribution in [0.2, 0.25) is 5.02 Å². The van der Waals surface area contributed by atoms with Gasteiger partial charge < -0.3 is 0 Å². The van der Waals surface area contributed by atoms with Gasteiger partial charge >= 0.3 is 0 Å². The fourth-order valence-corrected chi connectivity index (χ4v) is 5.29. The first-order chi connectivity index (χ1) is 12.1. The lowest BCUT2D eigenvalue weighted by Crippen LogP contribution is -2.29. The lowest BCUT2D eigenvalue weighted by atomic mass is 10.2. The Morgan fingerprint density at radius 1 is 1.12 bits per heavy atom. The number of nitrogens with zero attached hydrogens (tertiary/aromatic N) is 1. The van der Waals surface area contributed by atoms with Crippen molar-refractivity contribution in [1.82, 2.24) is 0 Å². The Morgan fingerprint density at radius 2 is 1.77 bits per heavy atom. The number of hydrogen-bond acceptors (Lipinski definition) is 5. The second-order valence-electron chi connectivity index (χ2n) is 5.78. The molecule has 1 amide bonds. The van der Waals surface area contributed by atoms with Gasteiger partial charge in [-0.25, -0.2) is 21.1 Å². The molecule has 138 valence electrons. The van der Waals surface area contributed by atoms with Gasteiger partial charge in [0.15, 0.2) is 0 Å². The number of carbonyl (C=O) groups is 1. The number of hydrogen-bond donors (Lipinski definition) is 1. The molecule has 0 saturated carbocycles. The third kappa shape index (κ3) is 3.55. The van der Waals surface area contributed by atoms with E-state index in [-0.39, 0.29) is 22.8 Å². The Balaban J connectivity index is 1.90. The van der Waals surface area contributed by atoms with E-state index in [2.05, 4.69) is 4.72 Å². The molecule has 0 radical (unpaired) electrons. The van der Waals surface area contributed by atoms with Crippen molar-refractivity contribution in [1.29, 1.82) is 0 Å². The zero-order chi connectivity index (χ0) is 19.1. The van der Waals surface area contributed by atoms with E-state index in [1.165, 1.54) is 30.3 Å². The summed E-state index contributed by atoms with van der Waals surface area (Å²) in [7, 11) is -7.59. The fourth-order valence-electron chi connectivity index (χ4n) is 2.54. The van der Waals surface area contributed by atoms with Crippen molar-refractivity contribution < 1.29 is 21.6 Å². The maximum absolute atomic E-state index is 12.5. The second-order valence-corrected chi connectivity index (χ2v) is 9.84. The largest absolute Gasteiger partial charge is 0.279 e. The molecule has 2 aromatic carbocycles. The molecular weight excluding hydrogens is 400 g/mol. The summed E-state index contributed by atoms with van der Waals surface area (Å²) in [5.41, 5.74) is 1.16. The summed E-state index contributed by atoms with van der Waals surface area (Å²) in [6, 6.07) is 9.92. The summed E-state index contributed by atoms with van der Waals surface area (Å²) in [6.45, 7) is 1.74. The van der Waals surface area contributed by atoms with Crippen LogP contribution in [0.15, 0.2) is 47.4 Å². The first kappa shape index (κ1) is 18.7. The summed E-state index contributed by atoms with van der Waals surface area (Å²) in [5, 5.41) is 0.390. The Bertz CT molecular complexity index is 1080. The summed E-state index contributed by atoms with van der Waals surface area (Å²) < 4.78 is 52.1. The van der Waals surface area contributed by atoms with Gasteiger partial charge in [-0.05, 0) is 48.9 Å². The minimum atomic E-state index is -3.90. The van der Waals surface area contributed by atoms with Crippen LogP contribution in [0.1, 0.15) is 12.0 Å². The van der Waals surface area contributed by atoms with Crippen molar-refractivity contribution in [3.63, 3.8) is 0 Å². The van der Waals surface area contributed by atoms with Crippen LogP contribution in [-0.2, 0) is 24.8 Å². The number of aryl methyl sites for hydroxylation is 1. The minimum Gasteiger partial charge on any atom is -0.279 e. The topological polar surface area (TPSA) is 101 Å². The zero-order valence-electron chi connectivity index (χ0n) is 13.6. The molecule has 1 N–H and O–H groups in total. The molecule has 2 aromatic rings. The predicted octanol–water partition coefficient (Wildman–Crippen LogP) is 2.52. The molecule has 0 aliphatic carbocycles. The molecular formula is C16H15ClN2O5S2. The van der Waals surface area contributed by atoms with E-state index in [1.807, 2.05) is 0 Å². The third-order valence-electron chi connectivity index (χ3n) is 3.90. The van der Waals surface area contributed by atoms with Gasteiger partial charge in [0.1, 0.15) is 0 Å². The minimum absolute atomic E-state index is 0.0651. The van der Waals surface area contributed by atoms with Crippen LogP contribution in [0.5, 0.6) is 0 Å². The highest BCUT2D eigenvalue weighted by molar-refractivity contribution is 7.94. The number of amides is 1. The molecule has 1 heterocycles. The molecule has 1 saturated heterocycles. The van der Waals surface area contributed by atoms with Crippen molar-refractivity contribution in [3.8, 4) is 0 Å². The van der Waals surface area contributed by atoms with Gasteiger partial charge in [-0.2, -0.15) is 0 Å². The van der Waals surface area contributed by atoms with Gasteiger partial charge in [0.05, 0.1) is 22.0 Å². The lowest BCUT2D eigenvalue weighted by Gasteiger charge is -2.16. The van der Waals surface area contributed by atoms with E-state index < -0.39 is 26.0 Å². The van der Waals surface area contributed by atoms with Crippen LogP contribution < -0.4 is 9.03 Å². The number of sulfonamides is 2. The van der Waals surface area contributed by atoms with Crippen LogP contribution in [0.25, 0.3) is 0 Å². The molecule has 26 heavy (non-hydrogen) atoms. The van der Waals surface area contributed by atoms with Gasteiger partial charge in [0, 0.05) is 11.4 Å². The Labute approximate surface area is 156 Å². The van der Waals surface area contributed by atoms with Gasteiger partial charge in [-0.3, -0.25) is 9.52 Å². The monoisotopic (exact) mass is 414 g/mol. The number of rotatable bonds is 4. The highest BCUT2D eigenvalue weighted by Gasteiger charge is 2.36. The Morgan fingerprint density at radius 3 is 2.35 bits per heavy atom. The van der Waals surface area contributed by atoms with E-state index in [9.17, 15) is 21.6 Å². The van der Waals surface area contributed by atoms with E-state index in [1.54, 1.807) is 19.1 Å². The van der Waals surface area contributed by atoms with Crippen LogP contribution in [-0.4, -0.2) is 28.5 Å². The normalized spacial score (nSPS) is 16.7. The number of carbonyl (C=O) groups excluding carboxylic acids is 1. The van der Waals surface area contributed by atoms with Gasteiger partial charge in [-0.1, -0.05) is 17.7 Å². The summed E-state index contributed by atoms with van der Waals surface area (Å²) in [5.74, 6) is -0.783. The molecule has 10 heteroatoms. The molecule has 0 bridgehead atoms. The zero-order valence-corrected chi connectivity index (χ0v) is 16.0. The van der Waals surface area contributed by atoms with E-state index in [4.69, 9.17) is 11.6 Å². The standard InChI is InChI=1S/C16H15ClN2O5S2/c1-11-2-3-12(17)10-15(11)18-26(23,24)14-6-4-13(5-7-14)19-16(20)8-9-25(19,21)22/h2-7,10,18H,8-9H2,1H3. The number of benzene rings is 2. The van der Waals surface area contributed by atoms with Crippen LogP contribution in [0.3, 0.4) is 0 Å². The van der Waals surface area contributed by atoms with Crippen LogP contribution in [0.4, 0.5) is 11.4 Å². The molecule has 0 atom stereocenters. The van der Waals surface area contributed by atoms with Crippen molar-refractivity contribution in [2.75, 3.05) is 14.8 Å². The van der Waals surface area contributed by atoms with Crippen LogP contribution in [0, 0.1) is 6.92 Å². The van der Waals surface area contributed by atoms with Crippen molar-refractivity contribution in [2.45, 2.75) is 18.2 Å². The maximum Gasteiger partial charge on any atom is 0.261 e. The Hall–Kier alpha value is -2.10. The molecule has 1 aliphatic heterocycles. The molecule has 1 fully saturated rings. The van der Waals surface area contributed by atoms with Crippen LogP contribution >= 0.6 is 11.6 Å². The van der Waals surface area contributed by atoms with E-state index in [0.717, 1.165) is 0 Å². The smallest absolute Gasteiger partial charge is 0.261 e. The average molecular weight is 415 g/mol. The Kier molecular flexibility index (Phi) is 4.72. The van der Waals surface area contributed by atoms with Crippen molar-refractivity contribution in [2.24, 2.45) is 0 Å². The number of halogens is 1.